The highest BCUT2D eigenvalue weighted by Gasteiger charge is 2.51. The normalized spacial score (nSPS) is 37.9. The molecule has 0 aliphatic heterocycles. The van der Waals surface area contributed by atoms with Crippen LogP contribution in [0.4, 0.5) is 0 Å². The summed E-state index contributed by atoms with van der Waals surface area (Å²) in [5.41, 5.74) is 6.71. The molecule has 1 heteroatoms. The largest absolute Gasteiger partial charge is 0.327 e. The molecule has 0 aromatic heterocycles. The van der Waals surface area contributed by atoms with Gasteiger partial charge in [0.05, 0.1) is 0 Å². The van der Waals surface area contributed by atoms with Crippen LogP contribution < -0.4 is 5.73 Å². The Hall–Kier alpha value is -0.0400. The molecule has 0 saturated heterocycles. The van der Waals surface area contributed by atoms with Crippen LogP contribution in [0.15, 0.2) is 0 Å². The summed E-state index contributed by atoms with van der Waals surface area (Å²) in [6, 6.07) is 0.436. The number of nitrogens with two attached hydrogens (primary N) is 1. The molecule has 1 nitrogen and oxygen atoms in total. The van der Waals surface area contributed by atoms with Crippen LogP contribution in [0.2, 0.25) is 0 Å². The molecule has 2 fully saturated rings. The topological polar surface area (TPSA) is 26.0 Å². The third-order valence-electron chi connectivity index (χ3n) is 4.97. The Morgan fingerprint density at radius 1 is 1.21 bits per heavy atom. The zero-order chi connectivity index (χ0) is 10.2. The van der Waals surface area contributed by atoms with Gasteiger partial charge in [-0.15, -0.1) is 0 Å². The minimum absolute atomic E-state index is 0.436. The van der Waals surface area contributed by atoms with Gasteiger partial charge in [-0.2, -0.15) is 0 Å². The fraction of sp³-hybridized carbons (Fsp3) is 1.00. The van der Waals surface area contributed by atoms with Gasteiger partial charge in [-0.3, -0.25) is 0 Å². The van der Waals surface area contributed by atoms with Gasteiger partial charge in [0, 0.05) is 6.04 Å². The number of rotatable bonds is 3. The predicted octanol–water partition coefficient (Wildman–Crippen LogP) is 3.33. The lowest BCUT2D eigenvalue weighted by molar-refractivity contribution is 0.166. The van der Waals surface area contributed by atoms with Crippen LogP contribution in [-0.4, -0.2) is 6.04 Å². The molecule has 1 unspecified atom stereocenters. The van der Waals surface area contributed by atoms with Crippen molar-refractivity contribution in [3.05, 3.63) is 0 Å². The second kappa shape index (κ2) is 3.84. The van der Waals surface area contributed by atoms with Gasteiger partial charge >= 0.3 is 0 Å². The summed E-state index contributed by atoms with van der Waals surface area (Å²) in [5.74, 6) is 1.99. The Balaban J connectivity index is 1.89. The second-order valence-electron chi connectivity index (χ2n) is 5.65. The summed E-state index contributed by atoms with van der Waals surface area (Å²) in [7, 11) is 0. The van der Waals surface area contributed by atoms with Gasteiger partial charge in [-0.25, -0.2) is 0 Å². The van der Waals surface area contributed by atoms with Crippen molar-refractivity contribution in [2.45, 2.75) is 64.8 Å². The van der Waals surface area contributed by atoms with Gasteiger partial charge in [0.2, 0.25) is 0 Å². The van der Waals surface area contributed by atoms with Crippen molar-refractivity contribution in [2.24, 2.45) is 23.0 Å². The van der Waals surface area contributed by atoms with Crippen LogP contribution >= 0.6 is 0 Å². The lowest BCUT2D eigenvalue weighted by Crippen LogP contribution is -2.36. The first kappa shape index (κ1) is 10.5. The van der Waals surface area contributed by atoms with Gasteiger partial charge in [0.1, 0.15) is 0 Å². The van der Waals surface area contributed by atoms with Crippen LogP contribution in [-0.2, 0) is 0 Å². The first-order valence-electron chi connectivity index (χ1n) is 6.44. The molecule has 0 aromatic carbocycles. The third-order valence-corrected chi connectivity index (χ3v) is 4.97. The quantitative estimate of drug-likeness (QED) is 0.734. The molecule has 14 heavy (non-hydrogen) atoms. The highest BCUT2D eigenvalue weighted by Crippen LogP contribution is 2.58. The molecule has 2 rings (SSSR count). The number of hydrogen-bond donors (Lipinski definition) is 1. The molecule has 0 spiro atoms. The lowest BCUT2D eigenvalue weighted by atomic mass is 9.71. The van der Waals surface area contributed by atoms with Crippen LogP contribution in [0.25, 0.3) is 0 Å². The maximum Gasteiger partial charge on any atom is 0.00696 e. The molecule has 82 valence electrons. The molecule has 0 heterocycles. The fourth-order valence-corrected chi connectivity index (χ4v) is 3.53. The van der Waals surface area contributed by atoms with E-state index < -0.39 is 0 Å². The molecule has 0 amide bonds. The Bertz CT molecular complexity index is 185. The van der Waals surface area contributed by atoms with Crippen LogP contribution in [0, 0.1) is 17.3 Å². The van der Waals surface area contributed by atoms with E-state index in [9.17, 15) is 0 Å². The third kappa shape index (κ3) is 1.71. The summed E-state index contributed by atoms with van der Waals surface area (Å²) in [6.07, 6.45) is 10.1. The molecule has 0 bridgehead atoms. The minimum atomic E-state index is 0.436. The predicted molar refractivity (Wildman–Crippen MR) is 61.1 cm³/mol. The highest BCUT2D eigenvalue weighted by atomic mass is 14.7. The van der Waals surface area contributed by atoms with Gasteiger partial charge in [-0.05, 0) is 49.9 Å². The van der Waals surface area contributed by atoms with Crippen LogP contribution in [0.5, 0.6) is 0 Å². The van der Waals surface area contributed by atoms with E-state index >= 15 is 0 Å². The SMILES string of the molecule is CCC1CCC(C2(C(C)N)CC2)CC1. The van der Waals surface area contributed by atoms with E-state index in [4.69, 9.17) is 5.73 Å². The van der Waals surface area contributed by atoms with E-state index in [1.54, 1.807) is 0 Å². The summed E-state index contributed by atoms with van der Waals surface area (Å²) in [6.45, 7) is 4.56. The van der Waals surface area contributed by atoms with Crippen molar-refractivity contribution in [1.29, 1.82) is 0 Å². The summed E-state index contributed by atoms with van der Waals surface area (Å²) in [5, 5.41) is 0. The van der Waals surface area contributed by atoms with Gasteiger partial charge in [0.25, 0.3) is 0 Å². The highest BCUT2D eigenvalue weighted by molar-refractivity contribution is 5.04. The molecule has 2 N–H and O–H groups in total. The molecule has 2 aliphatic carbocycles. The van der Waals surface area contributed by atoms with Crippen molar-refractivity contribution in [3.8, 4) is 0 Å². The summed E-state index contributed by atoms with van der Waals surface area (Å²) in [4.78, 5) is 0. The first-order valence-corrected chi connectivity index (χ1v) is 6.44. The maximum atomic E-state index is 6.13. The van der Waals surface area contributed by atoms with Crippen molar-refractivity contribution >= 4 is 0 Å². The van der Waals surface area contributed by atoms with Gasteiger partial charge < -0.3 is 5.73 Å². The second-order valence-corrected chi connectivity index (χ2v) is 5.65. The van der Waals surface area contributed by atoms with Crippen LogP contribution in [0.3, 0.4) is 0 Å². The van der Waals surface area contributed by atoms with Crippen molar-refractivity contribution < 1.29 is 0 Å². The standard InChI is InChI=1S/C13H25N/c1-3-11-4-6-12(7-5-11)13(8-9-13)10(2)14/h10-12H,3-9,14H2,1-2H3. The molecular formula is C13H25N. The molecule has 0 aromatic rings. The van der Waals surface area contributed by atoms with Crippen molar-refractivity contribution in [2.75, 3.05) is 0 Å². The maximum absolute atomic E-state index is 6.13. The number of hydrogen-bond acceptors (Lipinski definition) is 1. The Morgan fingerprint density at radius 3 is 2.14 bits per heavy atom. The van der Waals surface area contributed by atoms with Crippen molar-refractivity contribution in [1.82, 2.24) is 0 Å². The van der Waals surface area contributed by atoms with Gasteiger partial charge in [0.15, 0.2) is 0 Å². The van der Waals surface area contributed by atoms with E-state index in [-0.39, 0.29) is 0 Å². The smallest absolute Gasteiger partial charge is 0.00696 e. The van der Waals surface area contributed by atoms with Crippen LogP contribution in [0.1, 0.15) is 58.8 Å². The van der Waals surface area contributed by atoms with Gasteiger partial charge in [-0.1, -0.05) is 26.2 Å². The van der Waals surface area contributed by atoms with E-state index in [1.165, 1.54) is 44.9 Å². The molecule has 2 saturated carbocycles. The first-order chi connectivity index (χ1) is 6.69. The zero-order valence-corrected chi connectivity index (χ0v) is 9.76. The monoisotopic (exact) mass is 195 g/mol. The Morgan fingerprint density at radius 2 is 1.79 bits per heavy atom. The zero-order valence-electron chi connectivity index (χ0n) is 9.76. The van der Waals surface area contributed by atoms with E-state index in [0.717, 1.165) is 11.8 Å². The lowest BCUT2D eigenvalue weighted by Gasteiger charge is -2.36. The van der Waals surface area contributed by atoms with E-state index in [1.807, 2.05) is 0 Å². The molecule has 1 atom stereocenters. The summed E-state index contributed by atoms with van der Waals surface area (Å²) >= 11 is 0. The average Bonchev–Trinajstić information content (AvgIpc) is 2.99. The Kier molecular flexibility index (Phi) is 2.88. The molecular weight excluding hydrogens is 170 g/mol. The molecule has 2 aliphatic rings. The average molecular weight is 195 g/mol. The fourth-order valence-electron chi connectivity index (χ4n) is 3.53. The van der Waals surface area contributed by atoms with Crippen molar-refractivity contribution in [3.63, 3.8) is 0 Å². The minimum Gasteiger partial charge on any atom is -0.327 e. The van der Waals surface area contributed by atoms with E-state index in [0.29, 0.717) is 11.5 Å². The van der Waals surface area contributed by atoms with E-state index in [2.05, 4.69) is 13.8 Å². The summed E-state index contributed by atoms with van der Waals surface area (Å²) < 4.78 is 0. The molecule has 0 radical (unpaired) electrons. The Labute approximate surface area is 88.4 Å².